The Balaban J connectivity index is 1.92. The number of para-hydroxylation sites is 1. The summed E-state index contributed by atoms with van der Waals surface area (Å²) in [5.41, 5.74) is 0.852. The van der Waals surface area contributed by atoms with E-state index in [4.69, 9.17) is 16.3 Å². The van der Waals surface area contributed by atoms with Crippen LogP contribution in [0, 0.1) is 18.6 Å². The Hall–Kier alpha value is -3.71. The van der Waals surface area contributed by atoms with Crippen molar-refractivity contribution in [3.63, 3.8) is 0 Å². The average molecular weight is 455 g/mol. The Bertz CT molecular complexity index is 1290. The second-order valence-electron chi connectivity index (χ2n) is 7.03. The third-order valence-electron chi connectivity index (χ3n) is 5.14. The molecule has 0 fully saturated rings. The maximum atomic E-state index is 14.5. The number of imide groups is 1. The second-order valence-corrected chi connectivity index (χ2v) is 7.44. The number of ether oxygens (including phenoxy) is 1. The molecule has 1 heterocycles. The van der Waals surface area contributed by atoms with Crippen molar-refractivity contribution in [1.82, 2.24) is 0 Å². The molecular formula is C24H17ClF2N2O3. The third-order valence-corrected chi connectivity index (χ3v) is 5.55. The van der Waals surface area contributed by atoms with Gasteiger partial charge in [-0.05, 0) is 42.8 Å². The van der Waals surface area contributed by atoms with Crippen molar-refractivity contribution in [3.05, 3.63) is 94.1 Å². The first kappa shape index (κ1) is 21.5. The number of nitrogens with zero attached hydrogens (tertiary/aromatic N) is 1. The molecule has 0 saturated carbocycles. The summed E-state index contributed by atoms with van der Waals surface area (Å²) in [5.74, 6) is -3.00. The van der Waals surface area contributed by atoms with Crippen LogP contribution in [0.15, 0.2) is 66.4 Å². The van der Waals surface area contributed by atoms with Gasteiger partial charge in [-0.25, -0.2) is 13.7 Å². The maximum Gasteiger partial charge on any atom is 0.282 e. The first-order valence-corrected chi connectivity index (χ1v) is 9.95. The standard InChI is InChI=1S/C24H17ClF2N2O3/c1-13-16(25)7-5-8-18(13)28-22-21(15-6-3-4-9-20(15)32-2)23(30)29(24(22)31)19-12-14(26)10-11-17(19)27/h3-12,28H,1-2H3. The number of amides is 2. The van der Waals surface area contributed by atoms with Crippen LogP contribution in [0.5, 0.6) is 5.75 Å². The van der Waals surface area contributed by atoms with Crippen LogP contribution in [0.1, 0.15) is 11.1 Å². The van der Waals surface area contributed by atoms with Crippen molar-refractivity contribution in [2.45, 2.75) is 6.92 Å². The van der Waals surface area contributed by atoms with E-state index in [0.717, 1.165) is 18.2 Å². The van der Waals surface area contributed by atoms with Crippen LogP contribution in [0.4, 0.5) is 20.2 Å². The van der Waals surface area contributed by atoms with Crippen molar-refractivity contribution in [2.24, 2.45) is 0 Å². The Kier molecular flexibility index (Phi) is 5.67. The molecule has 2 amide bonds. The van der Waals surface area contributed by atoms with Gasteiger partial charge in [0, 0.05) is 22.3 Å². The highest BCUT2D eigenvalue weighted by Gasteiger charge is 2.42. The lowest BCUT2D eigenvalue weighted by Gasteiger charge is -2.16. The molecule has 0 bridgehead atoms. The number of carbonyl (C=O) groups is 2. The molecule has 32 heavy (non-hydrogen) atoms. The first-order chi connectivity index (χ1) is 15.3. The Morgan fingerprint density at radius 2 is 1.72 bits per heavy atom. The SMILES string of the molecule is COc1ccccc1C1=C(Nc2cccc(Cl)c2C)C(=O)N(c2cc(F)ccc2F)C1=O. The van der Waals surface area contributed by atoms with Crippen LogP contribution < -0.4 is 15.0 Å². The van der Waals surface area contributed by atoms with Gasteiger partial charge in [-0.2, -0.15) is 0 Å². The van der Waals surface area contributed by atoms with Crippen molar-refractivity contribution in [1.29, 1.82) is 0 Å². The summed E-state index contributed by atoms with van der Waals surface area (Å²) in [6, 6.07) is 14.3. The molecule has 1 aliphatic heterocycles. The molecule has 3 aromatic carbocycles. The smallest absolute Gasteiger partial charge is 0.282 e. The van der Waals surface area contributed by atoms with E-state index < -0.39 is 29.1 Å². The number of halogens is 3. The fraction of sp³-hybridized carbons (Fsp3) is 0.0833. The predicted molar refractivity (Wildman–Crippen MR) is 119 cm³/mol. The largest absolute Gasteiger partial charge is 0.496 e. The van der Waals surface area contributed by atoms with Crippen molar-refractivity contribution in [2.75, 3.05) is 17.3 Å². The van der Waals surface area contributed by atoms with E-state index in [2.05, 4.69) is 5.32 Å². The third kappa shape index (κ3) is 3.61. The Morgan fingerprint density at radius 1 is 0.969 bits per heavy atom. The predicted octanol–water partition coefficient (Wildman–Crippen LogP) is 5.33. The van der Waals surface area contributed by atoms with E-state index in [9.17, 15) is 18.4 Å². The number of benzene rings is 3. The summed E-state index contributed by atoms with van der Waals surface area (Å²) in [6.45, 7) is 1.75. The van der Waals surface area contributed by atoms with Crippen LogP contribution >= 0.6 is 11.6 Å². The van der Waals surface area contributed by atoms with Crippen LogP contribution in [0.3, 0.4) is 0 Å². The Labute approximate surface area is 187 Å². The molecule has 1 aliphatic rings. The zero-order chi connectivity index (χ0) is 23.0. The van der Waals surface area contributed by atoms with Crippen LogP contribution in [-0.4, -0.2) is 18.9 Å². The van der Waals surface area contributed by atoms with Gasteiger partial charge in [0.25, 0.3) is 11.8 Å². The lowest BCUT2D eigenvalue weighted by Crippen LogP contribution is -2.33. The average Bonchev–Trinajstić information content (AvgIpc) is 3.02. The molecular weight excluding hydrogens is 438 g/mol. The minimum Gasteiger partial charge on any atom is -0.496 e. The van der Waals surface area contributed by atoms with Gasteiger partial charge in [0.05, 0.1) is 18.4 Å². The summed E-state index contributed by atoms with van der Waals surface area (Å²) in [5, 5.41) is 3.43. The molecule has 0 radical (unpaired) electrons. The van der Waals surface area contributed by atoms with Crippen LogP contribution in [0.25, 0.3) is 5.57 Å². The van der Waals surface area contributed by atoms with Gasteiger partial charge >= 0.3 is 0 Å². The number of carbonyl (C=O) groups excluding carboxylic acids is 2. The normalized spacial score (nSPS) is 13.7. The number of anilines is 2. The van der Waals surface area contributed by atoms with Gasteiger partial charge in [-0.3, -0.25) is 9.59 Å². The number of methoxy groups -OCH3 is 1. The molecule has 0 aliphatic carbocycles. The van der Waals surface area contributed by atoms with E-state index in [0.29, 0.717) is 32.5 Å². The van der Waals surface area contributed by atoms with Gasteiger partial charge in [0.1, 0.15) is 23.1 Å². The molecule has 0 saturated heterocycles. The lowest BCUT2D eigenvalue weighted by molar-refractivity contribution is -0.120. The minimum absolute atomic E-state index is 0.0320. The summed E-state index contributed by atoms with van der Waals surface area (Å²) in [6.07, 6.45) is 0. The van der Waals surface area contributed by atoms with Gasteiger partial charge < -0.3 is 10.1 Å². The summed E-state index contributed by atoms with van der Waals surface area (Å²) < 4.78 is 33.7. The monoisotopic (exact) mass is 454 g/mol. The molecule has 1 N–H and O–H groups in total. The highest BCUT2D eigenvalue weighted by molar-refractivity contribution is 6.46. The maximum absolute atomic E-state index is 14.5. The minimum atomic E-state index is -0.910. The summed E-state index contributed by atoms with van der Waals surface area (Å²) in [7, 11) is 1.43. The van der Waals surface area contributed by atoms with E-state index in [1.165, 1.54) is 7.11 Å². The van der Waals surface area contributed by atoms with Gasteiger partial charge in [0.15, 0.2) is 0 Å². The highest BCUT2D eigenvalue weighted by atomic mass is 35.5. The topological polar surface area (TPSA) is 58.6 Å². The zero-order valence-corrected chi connectivity index (χ0v) is 17.8. The van der Waals surface area contributed by atoms with E-state index in [1.54, 1.807) is 49.4 Å². The van der Waals surface area contributed by atoms with Gasteiger partial charge in [-0.15, -0.1) is 0 Å². The molecule has 0 unspecified atom stereocenters. The van der Waals surface area contributed by atoms with E-state index in [1.807, 2.05) is 0 Å². The zero-order valence-electron chi connectivity index (χ0n) is 17.1. The highest BCUT2D eigenvalue weighted by Crippen LogP contribution is 2.38. The fourth-order valence-electron chi connectivity index (χ4n) is 3.50. The molecule has 5 nitrogen and oxygen atoms in total. The number of rotatable bonds is 5. The fourth-order valence-corrected chi connectivity index (χ4v) is 3.67. The number of nitrogens with one attached hydrogen (secondary N) is 1. The molecule has 0 atom stereocenters. The van der Waals surface area contributed by atoms with E-state index >= 15 is 0 Å². The number of hydrogen-bond acceptors (Lipinski definition) is 4. The second kappa shape index (κ2) is 8.43. The van der Waals surface area contributed by atoms with Crippen LogP contribution in [0.2, 0.25) is 5.02 Å². The molecule has 3 aromatic rings. The molecule has 8 heteroatoms. The Morgan fingerprint density at radius 3 is 2.47 bits per heavy atom. The van der Waals surface area contributed by atoms with Crippen molar-refractivity contribution in [3.8, 4) is 5.75 Å². The summed E-state index contributed by atoms with van der Waals surface area (Å²) >= 11 is 6.20. The number of hydrogen-bond donors (Lipinski definition) is 1. The first-order valence-electron chi connectivity index (χ1n) is 9.57. The summed E-state index contributed by atoms with van der Waals surface area (Å²) in [4.78, 5) is 27.4. The van der Waals surface area contributed by atoms with Crippen LogP contribution in [-0.2, 0) is 9.59 Å². The quantitative estimate of drug-likeness (QED) is 0.529. The van der Waals surface area contributed by atoms with Crippen molar-refractivity contribution < 1.29 is 23.1 Å². The molecule has 4 rings (SSSR count). The lowest BCUT2D eigenvalue weighted by atomic mass is 10.0. The molecule has 0 spiro atoms. The molecule has 0 aromatic heterocycles. The van der Waals surface area contributed by atoms with Crippen molar-refractivity contribution >= 4 is 40.4 Å². The van der Waals surface area contributed by atoms with Gasteiger partial charge in [0.2, 0.25) is 0 Å². The van der Waals surface area contributed by atoms with E-state index in [-0.39, 0.29) is 11.3 Å². The molecule has 162 valence electrons. The van der Waals surface area contributed by atoms with Gasteiger partial charge in [-0.1, -0.05) is 35.9 Å².